The standard InChI is InChI=1S/C20H17ClN2O5/c1-2-3-9-27-15-6-4-5-13(10-15)11-17-20(24)28-19(22-17)14-7-8-16(21)18(12-14)23(25)26/h4-8,10-12H,2-3,9H2,1H3/b17-11-. The van der Waals surface area contributed by atoms with Gasteiger partial charge in [0, 0.05) is 11.6 Å². The number of halogens is 1. The van der Waals surface area contributed by atoms with Crippen LogP contribution in [0.1, 0.15) is 30.9 Å². The molecule has 1 aliphatic rings. The van der Waals surface area contributed by atoms with Crippen molar-refractivity contribution in [1.29, 1.82) is 0 Å². The maximum Gasteiger partial charge on any atom is 0.363 e. The molecule has 7 nitrogen and oxygen atoms in total. The minimum absolute atomic E-state index is 0.00525. The first-order valence-corrected chi connectivity index (χ1v) is 9.05. The Morgan fingerprint density at radius 3 is 2.86 bits per heavy atom. The largest absolute Gasteiger partial charge is 0.494 e. The van der Waals surface area contributed by atoms with E-state index in [4.69, 9.17) is 21.1 Å². The van der Waals surface area contributed by atoms with Crippen LogP contribution >= 0.6 is 11.6 Å². The van der Waals surface area contributed by atoms with E-state index in [0.29, 0.717) is 17.9 Å². The second-order valence-electron chi connectivity index (χ2n) is 6.03. The van der Waals surface area contributed by atoms with E-state index < -0.39 is 10.9 Å². The minimum Gasteiger partial charge on any atom is -0.494 e. The Bertz CT molecular complexity index is 984. The van der Waals surface area contributed by atoms with Crippen LogP contribution in [-0.2, 0) is 9.53 Å². The second kappa shape index (κ2) is 8.67. The van der Waals surface area contributed by atoms with Gasteiger partial charge in [-0.05, 0) is 42.3 Å². The lowest BCUT2D eigenvalue weighted by Crippen LogP contribution is -2.06. The Hall–Kier alpha value is -3.19. The van der Waals surface area contributed by atoms with Gasteiger partial charge in [-0.25, -0.2) is 9.79 Å². The van der Waals surface area contributed by atoms with Crippen LogP contribution in [0.5, 0.6) is 5.75 Å². The Kier molecular flexibility index (Phi) is 6.06. The van der Waals surface area contributed by atoms with E-state index >= 15 is 0 Å². The van der Waals surface area contributed by atoms with Crippen molar-refractivity contribution in [2.24, 2.45) is 4.99 Å². The summed E-state index contributed by atoms with van der Waals surface area (Å²) in [5.74, 6) is 0.0583. The van der Waals surface area contributed by atoms with Gasteiger partial charge in [0.25, 0.3) is 5.69 Å². The number of hydrogen-bond donors (Lipinski definition) is 0. The average Bonchev–Trinajstić information content (AvgIpc) is 3.03. The van der Waals surface area contributed by atoms with Gasteiger partial charge in [0.2, 0.25) is 5.90 Å². The summed E-state index contributed by atoms with van der Waals surface area (Å²) in [6, 6.07) is 11.4. The van der Waals surface area contributed by atoms with Gasteiger partial charge < -0.3 is 9.47 Å². The number of cyclic esters (lactones) is 1. The fraction of sp³-hybridized carbons (Fsp3) is 0.200. The normalized spacial score (nSPS) is 14.7. The van der Waals surface area contributed by atoms with Crippen molar-refractivity contribution >= 4 is 35.2 Å². The molecule has 0 fully saturated rings. The number of nitro benzene ring substituents is 1. The van der Waals surface area contributed by atoms with Crippen molar-refractivity contribution in [2.75, 3.05) is 6.61 Å². The summed E-state index contributed by atoms with van der Waals surface area (Å²) < 4.78 is 10.8. The molecule has 1 aliphatic heterocycles. The third kappa shape index (κ3) is 4.55. The van der Waals surface area contributed by atoms with Crippen molar-refractivity contribution in [2.45, 2.75) is 19.8 Å². The fourth-order valence-electron chi connectivity index (χ4n) is 2.50. The number of nitrogens with zero attached hydrogens (tertiary/aromatic N) is 2. The number of hydrogen-bond acceptors (Lipinski definition) is 6. The summed E-state index contributed by atoms with van der Waals surface area (Å²) >= 11 is 5.81. The van der Waals surface area contributed by atoms with E-state index in [1.165, 1.54) is 18.2 Å². The predicted molar refractivity (Wildman–Crippen MR) is 106 cm³/mol. The van der Waals surface area contributed by atoms with Crippen LogP contribution in [0.25, 0.3) is 6.08 Å². The third-order valence-electron chi connectivity index (χ3n) is 3.94. The SMILES string of the molecule is CCCCOc1cccc(/C=C2\N=C(c3ccc(Cl)c([N+](=O)[O-])c3)OC2=O)c1. The maximum atomic E-state index is 12.1. The molecule has 144 valence electrons. The molecule has 0 radical (unpaired) electrons. The van der Waals surface area contributed by atoms with Crippen LogP contribution in [0.15, 0.2) is 53.2 Å². The molecule has 3 rings (SSSR count). The van der Waals surface area contributed by atoms with Crippen molar-refractivity contribution in [3.05, 3.63) is 74.4 Å². The lowest BCUT2D eigenvalue weighted by Gasteiger charge is -2.05. The summed E-state index contributed by atoms with van der Waals surface area (Å²) in [6.45, 7) is 2.71. The lowest BCUT2D eigenvalue weighted by molar-refractivity contribution is -0.384. The molecule has 0 N–H and O–H groups in total. The van der Waals surface area contributed by atoms with Gasteiger partial charge in [0.1, 0.15) is 10.8 Å². The van der Waals surface area contributed by atoms with Gasteiger partial charge in [-0.1, -0.05) is 37.1 Å². The number of rotatable bonds is 7. The molecule has 8 heteroatoms. The molecule has 0 aliphatic carbocycles. The van der Waals surface area contributed by atoms with Gasteiger partial charge >= 0.3 is 5.97 Å². The Labute approximate surface area is 166 Å². The first-order chi connectivity index (χ1) is 13.5. The van der Waals surface area contributed by atoms with Gasteiger partial charge in [-0.2, -0.15) is 0 Å². The van der Waals surface area contributed by atoms with Gasteiger partial charge in [0.05, 0.1) is 11.5 Å². The van der Waals surface area contributed by atoms with Crippen molar-refractivity contribution < 1.29 is 19.2 Å². The Morgan fingerprint density at radius 2 is 2.11 bits per heavy atom. The summed E-state index contributed by atoms with van der Waals surface area (Å²) in [5, 5.41) is 11.0. The van der Waals surface area contributed by atoms with Gasteiger partial charge in [-0.15, -0.1) is 0 Å². The zero-order valence-corrected chi connectivity index (χ0v) is 15.8. The molecule has 0 amide bonds. The van der Waals surface area contributed by atoms with E-state index in [0.717, 1.165) is 18.4 Å². The van der Waals surface area contributed by atoms with E-state index in [9.17, 15) is 14.9 Å². The zero-order chi connectivity index (χ0) is 20.1. The van der Waals surface area contributed by atoms with Crippen molar-refractivity contribution in [1.82, 2.24) is 0 Å². The number of aliphatic imine (C=N–C) groups is 1. The molecular formula is C20H17ClN2O5. The van der Waals surface area contributed by atoms with Crippen LogP contribution in [0.2, 0.25) is 5.02 Å². The minimum atomic E-state index is -0.634. The Balaban J connectivity index is 1.85. The topological polar surface area (TPSA) is 91.0 Å². The first-order valence-electron chi connectivity index (χ1n) is 8.67. The second-order valence-corrected chi connectivity index (χ2v) is 6.44. The smallest absolute Gasteiger partial charge is 0.363 e. The maximum absolute atomic E-state index is 12.1. The van der Waals surface area contributed by atoms with E-state index in [-0.39, 0.29) is 22.3 Å². The van der Waals surface area contributed by atoms with Crippen LogP contribution < -0.4 is 4.74 Å². The average molecular weight is 401 g/mol. The molecule has 0 saturated heterocycles. The highest BCUT2D eigenvalue weighted by molar-refractivity contribution is 6.32. The van der Waals surface area contributed by atoms with Crippen LogP contribution in [0, 0.1) is 10.1 Å². The van der Waals surface area contributed by atoms with Crippen LogP contribution in [0.4, 0.5) is 5.69 Å². The number of esters is 1. The number of nitro groups is 1. The number of benzene rings is 2. The molecule has 0 bridgehead atoms. The number of ether oxygens (including phenoxy) is 2. The number of carbonyl (C=O) groups is 1. The monoisotopic (exact) mass is 400 g/mol. The molecule has 0 aromatic heterocycles. The van der Waals surface area contributed by atoms with Crippen molar-refractivity contribution in [3.8, 4) is 5.75 Å². The highest BCUT2D eigenvalue weighted by Crippen LogP contribution is 2.28. The van der Waals surface area contributed by atoms with Crippen molar-refractivity contribution in [3.63, 3.8) is 0 Å². The molecule has 28 heavy (non-hydrogen) atoms. The summed E-state index contributed by atoms with van der Waals surface area (Å²) in [5.41, 5.74) is 0.836. The highest BCUT2D eigenvalue weighted by atomic mass is 35.5. The number of unbranched alkanes of at least 4 members (excludes halogenated alkanes) is 1. The third-order valence-corrected chi connectivity index (χ3v) is 4.26. The molecule has 1 heterocycles. The zero-order valence-electron chi connectivity index (χ0n) is 15.1. The van der Waals surface area contributed by atoms with Crippen LogP contribution in [0.3, 0.4) is 0 Å². The van der Waals surface area contributed by atoms with Gasteiger partial charge in [0.15, 0.2) is 5.70 Å². The van der Waals surface area contributed by atoms with E-state index in [1.54, 1.807) is 12.1 Å². The summed E-state index contributed by atoms with van der Waals surface area (Å²) in [7, 11) is 0. The fourth-order valence-corrected chi connectivity index (χ4v) is 2.69. The molecule has 2 aromatic carbocycles. The molecule has 0 saturated carbocycles. The quantitative estimate of drug-likeness (QED) is 0.219. The molecular weight excluding hydrogens is 384 g/mol. The lowest BCUT2D eigenvalue weighted by atomic mass is 10.2. The summed E-state index contributed by atoms with van der Waals surface area (Å²) in [4.78, 5) is 26.7. The molecule has 0 unspecified atom stereocenters. The Morgan fingerprint density at radius 1 is 1.29 bits per heavy atom. The van der Waals surface area contributed by atoms with E-state index in [1.807, 2.05) is 18.2 Å². The van der Waals surface area contributed by atoms with E-state index in [2.05, 4.69) is 11.9 Å². The van der Waals surface area contributed by atoms with Crippen LogP contribution in [-0.4, -0.2) is 23.4 Å². The predicted octanol–water partition coefficient (Wildman–Crippen LogP) is 4.77. The molecule has 0 atom stereocenters. The molecule has 0 spiro atoms. The molecule has 2 aromatic rings. The number of carbonyl (C=O) groups excluding carboxylic acids is 1. The summed E-state index contributed by atoms with van der Waals surface area (Å²) in [6.07, 6.45) is 3.57. The van der Waals surface area contributed by atoms with Gasteiger partial charge in [-0.3, -0.25) is 10.1 Å². The highest BCUT2D eigenvalue weighted by Gasteiger charge is 2.26. The first kappa shape index (κ1) is 19.6.